The number of nitrogens with one attached hydrogen (secondary N) is 2. The molecule has 4 aromatic rings. The van der Waals surface area contributed by atoms with Gasteiger partial charge in [-0.1, -0.05) is 11.6 Å². The summed E-state index contributed by atoms with van der Waals surface area (Å²) in [6.07, 6.45) is 2.33. The minimum absolute atomic E-state index is 0.0314. The van der Waals surface area contributed by atoms with Crippen molar-refractivity contribution in [3.63, 3.8) is 0 Å². The number of aromatic nitrogens is 1. The van der Waals surface area contributed by atoms with E-state index in [1.807, 2.05) is 0 Å². The number of furan rings is 1. The first-order valence-corrected chi connectivity index (χ1v) is 12.1. The van der Waals surface area contributed by atoms with Gasteiger partial charge >= 0.3 is 5.91 Å². The van der Waals surface area contributed by atoms with Crippen molar-refractivity contribution in [1.82, 2.24) is 15.8 Å². The number of nitrogens with zero attached hydrogens (tertiary/aromatic N) is 1. The second-order valence-corrected chi connectivity index (χ2v) is 9.87. The van der Waals surface area contributed by atoms with Gasteiger partial charge in [0.25, 0.3) is 5.91 Å². The standard InChI is InChI=1S/C24H16ClF2N3O5S/c25-15-4-7-17(8-5-15)36(33,34)22(18-12-16(26)6-9-19(18)27)20-10-3-14(13-28-20)23(31)29-30-24(32)21-2-1-11-35-21/h1-13,22H,(H,29,31)(H,30,32). The summed E-state index contributed by atoms with van der Waals surface area (Å²) in [5, 5.41) is -1.44. The summed E-state index contributed by atoms with van der Waals surface area (Å²) in [6.45, 7) is 0. The fraction of sp³-hybridized carbons (Fsp3) is 0.0417. The van der Waals surface area contributed by atoms with Crippen molar-refractivity contribution < 1.29 is 31.2 Å². The lowest BCUT2D eigenvalue weighted by Gasteiger charge is -2.19. The van der Waals surface area contributed by atoms with Crippen LogP contribution < -0.4 is 10.9 Å². The summed E-state index contributed by atoms with van der Waals surface area (Å²) >= 11 is 5.86. The molecule has 184 valence electrons. The van der Waals surface area contributed by atoms with Crippen LogP contribution in [0.2, 0.25) is 5.02 Å². The van der Waals surface area contributed by atoms with E-state index < -0.39 is 44.1 Å². The second-order valence-electron chi connectivity index (χ2n) is 7.40. The molecule has 2 aromatic carbocycles. The van der Waals surface area contributed by atoms with Crippen LogP contribution in [0, 0.1) is 11.6 Å². The van der Waals surface area contributed by atoms with Gasteiger partial charge in [0, 0.05) is 16.8 Å². The molecule has 2 aromatic heterocycles. The molecular weight excluding hydrogens is 516 g/mol. The molecule has 1 unspecified atom stereocenters. The molecule has 0 aliphatic heterocycles. The highest BCUT2D eigenvalue weighted by atomic mass is 35.5. The number of rotatable bonds is 6. The first kappa shape index (κ1) is 25.0. The normalized spacial score (nSPS) is 12.1. The molecule has 8 nitrogen and oxygen atoms in total. The Hall–Kier alpha value is -4.09. The Morgan fingerprint density at radius 1 is 0.944 bits per heavy atom. The fourth-order valence-electron chi connectivity index (χ4n) is 3.31. The lowest BCUT2D eigenvalue weighted by atomic mass is 10.1. The number of carbonyl (C=O) groups excluding carboxylic acids is 2. The third-order valence-corrected chi connectivity index (χ3v) is 7.34. The Bertz CT molecular complexity index is 1510. The van der Waals surface area contributed by atoms with Crippen LogP contribution in [0.1, 0.15) is 37.4 Å². The lowest BCUT2D eigenvalue weighted by molar-refractivity contribution is 0.0830. The van der Waals surface area contributed by atoms with E-state index in [4.69, 9.17) is 16.0 Å². The SMILES string of the molecule is O=C(NNC(=O)c1ccco1)c1ccc(C(c2cc(F)ccc2F)S(=O)(=O)c2ccc(Cl)cc2)nc1. The van der Waals surface area contributed by atoms with Crippen LogP contribution in [0.25, 0.3) is 0 Å². The Kier molecular flexibility index (Phi) is 7.13. The first-order chi connectivity index (χ1) is 17.2. The predicted molar refractivity (Wildman–Crippen MR) is 125 cm³/mol. The number of hydrogen-bond acceptors (Lipinski definition) is 6. The summed E-state index contributed by atoms with van der Waals surface area (Å²) in [6, 6.07) is 13.0. The molecular formula is C24H16ClF2N3O5S. The van der Waals surface area contributed by atoms with E-state index >= 15 is 0 Å². The average Bonchev–Trinajstić information content (AvgIpc) is 3.40. The van der Waals surface area contributed by atoms with Gasteiger partial charge in [0.1, 0.15) is 16.9 Å². The number of halogens is 3. The number of sulfone groups is 1. The smallest absolute Gasteiger partial charge is 0.305 e. The topological polar surface area (TPSA) is 118 Å². The highest BCUT2D eigenvalue weighted by Crippen LogP contribution is 2.36. The van der Waals surface area contributed by atoms with Gasteiger partial charge in [-0.05, 0) is 66.7 Å². The summed E-state index contributed by atoms with van der Waals surface area (Å²) in [4.78, 5) is 28.1. The van der Waals surface area contributed by atoms with Gasteiger partial charge in [-0.2, -0.15) is 0 Å². The molecule has 2 amide bonds. The summed E-state index contributed by atoms with van der Waals surface area (Å²) in [5.41, 5.74) is 3.66. The van der Waals surface area contributed by atoms with Crippen LogP contribution in [-0.4, -0.2) is 25.2 Å². The quantitative estimate of drug-likeness (QED) is 0.359. The summed E-state index contributed by atoms with van der Waals surface area (Å²) in [5.74, 6) is -3.29. The van der Waals surface area contributed by atoms with Crippen LogP contribution in [0.15, 0.2) is 88.5 Å². The molecule has 36 heavy (non-hydrogen) atoms. The van der Waals surface area contributed by atoms with Crippen molar-refractivity contribution in [2.75, 3.05) is 0 Å². The highest BCUT2D eigenvalue weighted by molar-refractivity contribution is 7.91. The number of carbonyl (C=O) groups is 2. The molecule has 12 heteroatoms. The van der Waals surface area contributed by atoms with E-state index in [1.54, 1.807) is 0 Å². The van der Waals surface area contributed by atoms with Crippen LogP contribution in [-0.2, 0) is 9.84 Å². The van der Waals surface area contributed by atoms with Crippen molar-refractivity contribution in [3.05, 3.63) is 118 Å². The van der Waals surface area contributed by atoms with Gasteiger partial charge < -0.3 is 4.42 Å². The maximum Gasteiger partial charge on any atom is 0.305 e. The van der Waals surface area contributed by atoms with Crippen molar-refractivity contribution in [1.29, 1.82) is 0 Å². The van der Waals surface area contributed by atoms with Crippen LogP contribution >= 0.6 is 11.6 Å². The predicted octanol–water partition coefficient (Wildman–Crippen LogP) is 4.24. The van der Waals surface area contributed by atoms with Gasteiger partial charge in [0.15, 0.2) is 15.6 Å². The van der Waals surface area contributed by atoms with E-state index in [0.717, 1.165) is 24.4 Å². The van der Waals surface area contributed by atoms with Crippen molar-refractivity contribution in [2.24, 2.45) is 0 Å². The molecule has 1 atom stereocenters. The largest absolute Gasteiger partial charge is 0.459 e. The zero-order chi connectivity index (χ0) is 25.9. The molecule has 0 radical (unpaired) electrons. The van der Waals surface area contributed by atoms with Gasteiger partial charge in [-0.25, -0.2) is 17.2 Å². The van der Waals surface area contributed by atoms with Crippen molar-refractivity contribution in [2.45, 2.75) is 10.1 Å². The van der Waals surface area contributed by atoms with Crippen LogP contribution in [0.3, 0.4) is 0 Å². The average molecular weight is 532 g/mol. The molecule has 2 N–H and O–H groups in total. The third kappa shape index (κ3) is 5.26. The Labute approximate surface area is 208 Å². The number of hydrogen-bond donors (Lipinski definition) is 2. The highest BCUT2D eigenvalue weighted by Gasteiger charge is 2.34. The van der Waals surface area contributed by atoms with Gasteiger partial charge in [-0.15, -0.1) is 0 Å². The molecule has 0 saturated heterocycles. The maximum absolute atomic E-state index is 14.7. The lowest BCUT2D eigenvalue weighted by Crippen LogP contribution is -2.41. The van der Waals surface area contributed by atoms with Crippen LogP contribution in [0.5, 0.6) is 0 Å². The monoisotopic (exact) mass is 531 g/mol. The second kappa shape index (κ2) is 10.3. The first-order valence-electron chi connectivity index (χ1n) is 10.2. The molecule has 0 fully saturated rings. The molecule has 4 rings (SSSR count). The molecule has 0 saturated carbocycles. The molecule has 0 spiro atoms. The summed E-state index contributed by atoms with van der Waals surface area (Å²) < 4.78 is 60.6. The minimum Gasteiger partial charge on any atom is -0.459 e. The zero-order valence-corrected chi connectivity index (χ0v) is 19.7. The van der Waals surface area contributed by atoms with E-state index in [9.17, 15) is 26.8 Å². The molecule has 0 aliphatic rings. The van der Waals surface area contributed by atoms with Gasteiger partial charge in [0.2, 0.25) is 0 Å². The minimum atomic E-state index is -4.34. The van der Waals surface area contributed by atoms with Crippen molar-refractivity contribution >= 4 is 33.3 Å². The Balaban J connectivity index is 1.66. The number of amides is 2. The van der Waals surface area contributed by atoms with E-state index in [2.05, 4.69) is 15.8 Å². The van der Waals surface area contributed by atoms with E-state index in [-0.39, 0.29) is 26.9 Å². The Morgan fingerprint density at radius 3 is 2.31 bits per heavy atom. The zero-order valence-electron chi connectivity index (χ0n) is 18.1. The molecule has 2 heterocycles. The third-order valence-electron chi connectivity index (χ3n) is 5.04. The van der Waals surface area contributed by atoms with Gasteiger partial charge in [-0.3, -0.25) is 25.4 Å². The summed E-state index contributed by atoms with van der Waals surface area (Å²) in [7, 11) is -4.34. The van der Waals surface area contributed by atoms with Crippen LogP contribution in [0.4, 0.5) is 8.78 Å². The van der Waals surface area contributed by atoms with E-state index in [1.165, 1.54) is 54.8 Å². The molecule has 0 aliphatic carbocycles. The van der Waals surface area contributed by atoms with E-state index in [0.29, 0.717) is 0 Å². The molecule has 0 bridgehead atoms. The maximum atomic E-state index is 14.7. The number of hydrazine groups is 1. The van der Waals surface area contributed by atoms with Crippen molar-refractivity contribution in [3.8, 4) is 0 Å². The Morgan fingerprint density at radius 2 is 1.67 bits per heavy atom. The number of benzene rings is 2. The van der Waals surface area contributed by atoms with Gasteiger partial charge in [0.05, 0.1) is 22.4 Å². The number of pyridine rings is 1. The fourth-order valence-corrected chi connectivity index (χ4v) is 5.20.